The minimum absolute atomic E-state index is 0.301. The van der Waals surface area contributed by atoms with Gasteiger partial charge in [-0.25, -0.2) is 0 Å². The Morgan fingerprint density at radius 1 is 1.29 bits per heavy atom. The first-order chi connectivity index (χ1) is 7.97. The van der Waals surface area contributed by atoms with Gasteiger partial charge in [0, 0.05) is 6.54 Å². The second-order valence-electron chi connectivity index (χ2n) is 3.81. The number of ether oxygens (including phenoxy) is 1. The molecule has 0 unspecified atom stereocenters. The molecule has 0 radical (unpaired) electrons. The first-order valence-electron chi connectivity index (χ1n) is 5.44. The van der Waals surface area contributed by atoms with E-state index < -0.39 is 6.36 Å². The van der Waals surface area contributed by atoms with E-state index in [0.717, 1.165) is 5.56 Å². The monoisotopic (exact) mass is 247 g/mol. The van der Waals surface area contributed by atoms with Crippen molar-refractivity contribution in [2.45, 2.75) is 26.3 Å². The summed E-state index contributed by atoms with van der Waals surface area (Å²) in [6, 6.07) is 7.98. The van der Waals surface area contributed by atoms with Crippen molar-refractivity contribution in [2.24, 2.45) is 0 Å². The average molecular weight is 247 g/mol. The van der Waals surface area contributed by atoms with E-state index in [2.05, 4.69) is 10.1 Å². The lowest BCUT2D eigenvalue weighted by Crippen LogP contribution is -2.19. The van der Waals surface area contributed by atoms with E-state index in [0.29, 0.717) is 19.5 Å². The maximum absolute atomic E-state index is 11.6. The van der Waals surface area contributed by atoms with Crippen LogP contribution in [0.3, 0.4) is 0 Å². The summed E-state index contributed by atoms with van der Waals surface area (Å²) in [7, 11) is 0. The van der Waals surface area contributed by atoms with Crippen LogP contribution >= 0.6 is 0 Å². The van der Waals surface area contributed by atoms with Crippen LogP contribution in [0.1, 0.15) is 17.5 Å². The highest BCUT2D eigenvalue weighted by Gasteiger charge is 2.28. The van der Waals surface area contributed by atoms with Gasteiger partial charge in [0.1, 0.15) is 0 Å². The average Bonchev–Trinajstić information content (AvgIpc) is 2.22. The van der Waals surface area contributed by atoms with Crippen LogP contribution in [0.15, 0.2) is 24.3 Å². The van der Waals surface area contributed by atoms with E-state index in [-0.39, 0.29) is 6.61 Å². The number of alkyl halides is 3. The van der Waals surface area contributed by atoms with Gasteiger partial charge in [0.25, 0.3) is 0 Å². The number of halogens is 3. The van der Waals surface area contributed by atoms with Crippen molar-refractivity contribution in [3.63, 3.8) is 0 Å². The molecule has 1 rings (SSSR count). The lowest BCUT2D eigenvalue weighted by Gasteiger charge is -2.08. The van der Waals surface area contributed by atoms with Crippen LogP contribution in [0.2, 0.25) is 0 Å². The topological polar surface area (TPSA) is 21.3 Å². The molecule has 0 bridgehead atoms. The van der Waals surface area contributed by atoms with Crippen LogP contribution in [0.25, 0.3) is 0 Å². The lowest BCUT2D eigenvalue weighted by molar-refractivity contribution is -0.324. The van der Waals surface area contributed by atoms with Gasteiger partial charge < -0.3 is 5.32 Å². The fourth-order valence-electron chi connectivity index (χ4n) is 1.44. The summed E-state index contributed by atoms with van der Waals surface area (Å²) in [5, 5.41) is 3.07. The van der Waals surface area contributed by atoms with Gasteiger partial charge >= 0.3 is 6.36 Å². The van der Waals surface area contributed by atoms with Crippen LogP contribution in [0.4, 0.5) is 13.2 Å². The van der Waals surface area contributed by atoms with Crippen LogP contribution in [-0.4, -0.2) is 19.5 Å². The molecule has 0 aliphatic rings. The van der Waals surface area contributed by atoms with Crippen LogP contribution in [0.5, 0.6) is 0 Å². The number of aryl methyl sites for hydroxylation is 1. The number of hydrogen-bond donors (Lipinski definition) is 1. The number of hydrogen-bond acceptors (Lipinski definition) is 2. The molecule has 0 aromatic heterocycles. The highest BCUT2D eigenvalue weighted by Crippen LogP contribution is 2.15. The standard InChI is InChI=1S/C12H16F3NO/c1-10-4-2-5-11(8-10)9-16-6-3-7-17-12(13,14)15/h2,4-5,8,16H,3,6-7,9H2,1H3. The zero-order valence-corrected chi connectivity index (χ0v) is 9.68. The summed E-state index contributed by atoms with van der Waals surface area (Å²) in [6.45, 7) is 2.86. The molecular formula is C12H16F3NO. The Labute approximate surface area is 98.8 Å². The highest BCUT2D eigenvalue weighted by atomic mass is 19.4. The molecule has 0 heterocycles. The highest BCUT2D eigenvalue weighted by molar-refractivity contribution is 5.21. The Morgan fingerprint density at radius 3 is 2.71 bits per heavy atom. The maximum atomic E-state index is 11.6. The van der Waals surface area contributed by atoms with Crippen LogP contribution in [0, 0.1) is 6.92 Å². The summed E-state index contributed by atoms with van der Waals surface area (Å²) in [5.74, 6) is 0. The molecule has 1 aromatic carbocycles. The third kappa shape index (κ3) is 6.97. The molecule has 1 aromatic rings. The molecule has 0 aliphatic carbocycles. The zero-order chi connectivity index (χ0) is 12.7. The normalized spacial score (nSPS) is 11.8. The van der Waals surface area contributed by atoms with Crippen LogP contribution in [-0.2, 0) is 11.3 Å². The summed E-state index contributed by atoms with van der Waals surface area (Å²) < 4.78 is 38.6. The predicted molar refractivity (Wildman–Crippen MR) is 59.5 cm³/mol. The van der Waals surface area contributed by atoms with Crippen molar-refractivity contribution < 1.29 is 17.9 Å². The van der Waals surface area contributed by atoms with E-state index in [4.69, 9.17) is 0 Å². The van der Waals surface area contributed by atoms with E-state index in [9.17, 15) is 13.2 Å². The lowest BCUT2D eigenvalue weighted by atomic mass is 10.1. The third-order valence-electron chi connectivity index (χ3n) is 2.18. The third-order valence-corrected chi connectivity index (χ3v) is 2.18. The molecule has 0 aliphatic heterocycles. The molecule has 5 heteroatoms. The van der Waals surface area contributed by atoms with Crippen molar-refractivity contribution >= 4 is 0 Å². The van der Waals surface area contributed by atoms with Crippen LogP contribution < -0.4 is 5.32 Å². The Morgan fingerprint density at radius 2 is 2.06 bits per heavy atom. The van der Waals surface area contributed by atoms with E-state index in [1.54, 1.807) is 0 Å². The largest absolute Gasteiger partial charge is 0.522 e. The van der Waals surface area contributed by atoms with Gasteiger partial charge in [-0.3, -0.25) is 4.74 Å². The minimum atomic E-state index is -4.52. The molecule has 17 heavy (non-hydrogen) atoms. The van der Waals surface area contributed by atoms with E-state index in [1.807, 2.05) is 31.2 Å². The minimum Gasteiger partial charge on any atom is -0.313 e. The Hall–Kier alpha value is -1.07. The Balaban J connectivity index is 2.09. The number of benzene rings is 1. The molecule has 0 fully saturated rings. The molecule has 0 spiro atoms. The van der Waals surface area contributed by atoms with Gasteiger partial charge in [-0.05, 0) is 25.5 Å². The summed E-state index contributed by atoms with van der Waals surface area (Å²) >= 11 is 0. The zero-order valence-electron chi connectivity index (χ0n) is 9.68. The van der Waals surface area contributed by atoms with Gasteiger partial charge in [-0.2, -0.15) is 0 Å². The molecule has 96 valence electrons. The first-order valence-corrected chi connectivity index (χ1v) is 5.44. The molecule has 0 atom stereocenters. The molecule has 2 nitrogen and oxygen atoms in total. The molecule has 0 saturated carbocycles. The smallest absolute Gasteiger partial charge is 0.313 e. The molecule has 1 N–H and O–H groups in total. The van der Waals surface area contributed by atoms with Gasteiger partial charge in [0.2, 0.25) is 0 Å². The Bertz CT molecular complexity index is 339. The van der Waals surface area contributed by atoms with Gasteiger partial charge in [0.05, 0.1) is 6.61 Å². The Kier molecular flexibility index (Phi) is 5.44. The molecule has 0 amide bonds. The summed E-state index contributed by atoms with van der Waals surface area (Å²) in [6.07, 6.45) is -4.18. The van der Waals surface area contributed by atoms with Crippen molar-refractivity contribution in [1.82, 2.24) is 5.32 Å². The van der Waals surface area contributed by atoms with Gasteiger partial charge in [-0.1, -0.05) is 29.8 Å². The molecule has 0 saturated heterocycles. The van der Waals surface area contributed by atoms with E-state index >= 15 is 0 Å². The quantitative estimate of drug-likeness (QED) is 0.780. The SMILES string of the molecule is Cc1cccc(CNCCCOC(F)(F)F)c1. The summed E-state index contributed by atoms with van der Waals surface area (Å²) in [4.78, 5) is 0. The van der Waals surface area contributed by atoms with Crippen molar-refractivity contribution in [1.29, 1.82) is 0 Å². The predicted octanol–water partition coefficient (Wildman–Crippen LogP) is 3.01. The second kappa shape index (κ2) is 6.61. The van der Waals surface area contributed by atoms with E-state index in [1.165, 1.54) is 5.56 Å². The first kappa shape index (κ1) is 14.0. The fraction of sp³-hybridized carbons (Fsp3) is 0.500. The van der Waals surface area contributed by atoms with Crippen molar-refractivity contribution in [3.8, 4) is 0 Å². The maximum Gasteiger partial charge on any atom is 0.522 e. The van der Waals surface area contributed by atoms with Gasteiger partial charge in [-0.15, -0.1) is 13.2 Å². The summed E-state index contributed by atoms with van der Waals surface area (Å²) in [5.41, 5.74) is 2.30. The molecular weight excluding hydrogens is 231 g/mol. The number of nitrogens with one attached hydrogen (secondary N) is 1. The number of rotatable bonds is 6. The van der Waals surface area contributed by atoms with Crippen molar-refractivity contribution in [2.75, 3.05) is 13.2 Å². The second-order valence-corrected chi connectivity index (χ2v) is 3.81. The van der Waals surface area contributed by atoms with Gasteiger partial charge in [0.15, 0.2) is 0 Å². The van der Waals surface area contributed by atoms with Crippen molar-refractivity contribution in [3.05, 3.63) is 35.4 Å². The fourth-order valence-corrected chi connectivity index (χ4v) is 1.44.